The van der Waals surface area contributed by atoms with Crippen LogP contribution < -0.4 is 10.6 Å². The van der Waals surface area contributed by atoms with E-state index in [1.807, 2.05) is 19.9 Å². The smallest absolute Gasteiger partial charge is 0.309 e. The maximum Gasteiger partial charge on any atom is 0.309 e. The van der Waals surface area contributed by atoms with Gasteiger partial charge in [0, 0.05) is 33.7 Å². The Labute approximate surface area is 274 Å². The summed E-state index contributed by atoms with van der Waals surface area (Å²) in [5, 5.41) is 25.7. The first kappa shape index (κ1) is 34.6. The molecule has 4 rings (SSSR count). The minimum atomic E-state index is -1.13. The Morgan fingerprint density at radius 1 is 0.745 bits per heavy atom. The summed E-state index contributed by atoms with van der Waals surface area (Å²) >= 11 is 0. The number of aliphatic imine (C=N–C) groups is 1. The highest BCUT2D eigenvalue weighted by atomic mass is 16.4. The largest absolute Gasteiger partial charge is 0.481 e. The molecule has 3 aliphatic rings. The van der Waals surface area contributed by atoms with E-state index in [-0.39, 0.29) is 24.7 Å². The monoisotopic (exact) mass is 638 g/mol. The van der Waals surface area contributed by atoms with E-state index in [1.165, 1.54) is 0 Å². The Hall–Kier alpha value is -5.25. The van der Waals surface area contributed by atoms with Crippen LogP contribution in [0.15, 0.2) is 86.9 Å². The van der Waals surface area contributed by atoms with Crippen LogP contribution in [0.4, 0.5) is 0 Å². The summed E-state index contributed by atoms with van der Waals surface area (Å²) in [5.74, 6) is -2.37. The lowest BCUT2D eigenvalue weighted by molar-refractivity contribution is -0.147. The lowest BCUT2D eigenvalue weighted by atomic mass is 9.82. The number of allylic oxidation sites excluding steroid dienone is 5. The molecule has 0 fully saturated rings. The molecular formula is C37H42N4O6. The zero-order valence-electron chi connectivity index (χ0n) is 28.2. The van der Waals surface area contributed by atoms with E-state index < -0.39 is 22.8 Å². The van der Waals surface area contributed by atoms with E-state index >= 15 is 0 Å². The second-order valence-electron chi connectivity index (χ2n) is 13.4. The second-order valence-corrected chi connectivity index (χ2v) is 13.4. The number of H-pyrrole nitrogens is 1. The molecule has 10 nitrogen and oxygen atoms in total. The summed E-state index contributed by atoms with van der Waals surface area (Å²) in [7, 11) is 0. The third kappa shape index (κ3) is 6.54. The number of carboxylic acids is 2. The van der Waals surface area contributed by atoms with Crippen LogP contribution >= 0.6 is 0 Å². The van der Waals surface area contributed by atoms with E-state index in [4.69, 9.17) is 4.99 Å². The third-order valence-corrected chi connectivity index (χ3v) is 9.06. The zero-order chi connectivity index (χ0) is 35.2. The Balaban J connectivity index is 1.95. The molecule has 0 spiro atoms. The van der Waals surface area contributed by atoms with E-state index in [9.17, 15) is 29.4 Å². The predicted octanol–water partition coefficient (Wildman–Crippen LogP) is 6.08. The standard InChI is InChI=1S/C37H42N4O6/c1-11-22-20(5)32(42)40-28(22)13-26-18(3)24(16-36(7,8)34(44)45)30(38-26)15-31-25(17-37(9,10)35(46)47)19(4)27(39-31)14-29-23(12-2)21(6)33(43)41-29/h11-15,38H,1-2,16-17H2,3-10H3,(H,40,42)(H,41,43)(H,44,45)(H,46,47)/b28-13-,29-14-,31-15?. The topological polar surface area (TPSA) is 161 Å². The van der Waals surface area contributed by atoms with E-state index in [0.717, 1.165) is 16.7 Å². The molecule has 0 radical (unpaired) electrons. The van der Waals surface area contributed by atoms with Gasteiger partial charge in [-0.15, -0.1) is 0 Å². The summed E-state index contributed by atoms with van der Waals surface area (Å²) in [5.41, 5.74) is 6.64. The molecule has 10 heteroatoms. The summed E-state index contributed by atoms with van der Waals surface area (Å²) < 4.78 is 0. The van der Waals surface area contributed by atoms with Gasteiger partial charge in [-0.25, -0.2) is 4.99 Å². The molecule has 246 valence electrons. The Morgan fingerprint density at radius 3 is 1.72 bits per heavy atom. The number of carboxylic acid groups (broad SMARTS) is 2. The van der Waals surface area contributed by atoms with E-state index in [0.29, 0.717) is 62.1 Å². The van der Waals surface area contributed by atoms with Crippen LogP contribution in [-0.2, 0) is 25.6 Å². The van der Waals surface area contributed by atoms with E-state index in [2.05, 4.69) is 28.8 Å². The number of hydrogen-bond donors (Lipinski definition) is 5. The lowest BCUT2D eigenvalue weighted by Crippen LogP contribution is -2.26. The normalized spacial score (nSPS) is 19.7. The summed E-state index contributed by atoms with van der Waals surface area (Å²) in [6.07, 6.45) is 8.94. The third-order valence-electron chi connectivity index (χ3n) is 9.06. The SMILES string of the molecule is C=CC1=C(C)C(=O)N/C1=C\C1=NC(=Cc2[nH]c(/C=C3\NC(=O)C(C)=C3C=C)c(C)c2CC(C)(C)C(=O)O)C(CC(C)(C)C(=O)O)=C1C. The Bertz CT molecular complexity index is 1880. The molecule has 5 N–H and O–H groups in total. The van der Waals surface area contributed by atoms with Gasteiger partial charge in [0.1, 0.15) is 0 Å². The molecule has 0 aromatic carbocycles. The molecule has 0 aliphatic carbocycles. The molecular weight excluding hydrogens is 596 g/mol. The number of carbonyl (C=O) groups excluding carboxylic acids is 2. The molecule has 0 unspecified atom stereocenters. The molecule has 0 atom stereocenters. The van der Waals surface area contributed by atoms with Gasteiger partial charge < -0.3 is 25.8 Å². The van der Waals surface area contributed by atoms with Crippen molar-refractivity contribution in [1.82, 2.24) is 15.6 Å². The van der Waals surface area contributed by atoms with Gasteiger partial charge in [0.2, 0.25) is 0 Å². The van der Waals surface area contributed by atoms with Gasteiger partial charge in [-0.05, 0) is 109 Å². The number of nitrogens with one attached hydrogen (secondary N) is 3. The first-order chi connectivity index (χ1) is 21.8. The van der Waals surface area contributed by atoms with Crippen molar-refractivity contribution in [2.45, 2.75) is 68.2 Å². The Kier molecular flexibility index (Phi) is 9.21. The first-order valence-electron chi connectivity index (χ1n) is 15.3. The highest BCUT2D eigenvalue weighted by molar-refractivity contribution is 6.14. The number of amides is 2. The fourth-order valence-corrected chi connectivity index (χ4v) is 5.71. The zero-order valence-corrected chi connectivity index (χ0v) is 28.2. The van der Waals surface area contributed by atoms with Crippen molar-refractivity contribution in [2.24, 2.45) is 15.8 Å². The van der Waals surface area contributed by atoms with E-state index in [1.54, 1.807) is 65.8 Å². The van der Waals surface area contributed by atoms with Crippen molar-refractivity contribution < 1.29 is 29.4 Å². The van der Waals surface area contributed by atoms with Gasteiger partial charge in [0.15, 0.2) is 0 Å². The Morgan fingerprint density at radius 2 is 1.23 bits per heavy atom. The van der Waals surface area contributed by atoms with Crippen molar-refractivity contribution in [2.75, 3.05) is 0 Å². The molecule has 2 amide bonds. The number of hydrogen-bond acceptors (Lipinski definition) is 5. The number of rotatable bonds is 11. The van der Waals surface area contributed by atoms with Crippen LogP contribution in [0, 0.1) is 17.8 Å². The number of aliphatic carboxylic acids is 2. The minimum Gasteiger partial charge on any atom is -0.481 e. The van der Waals surface area contributed by atoms with Gasteiger partial charge in [0.25, 0.3) is 11.8 Å². The maximum atomic E-state index is 12.4. The van der Waals surface area contributed by atoms with Crippen LogP contribution in [-0.4, -0.2) is 44.7 Å². The van der Waals surface area contributed by atoms with Gasteiger partial charge >= 0.3 is 11.9 Å². The van der Waals surface area contributed by atoms with Gasteiger partial charge in [-0.1, -0.05) is 25.3 Å². The number of aromatic nitrogens is 1. The summed E-state index contributed by atoms with van der Waals surface area (Å²) in [6.45, 7) is 21.5. The van der Waals surface area contributed by atoms with Crippen molar-refractivity contribution in [3.05, 3.63) is 104 Å². The van der Waals surface area contributed by atoms with Crippen molar-refractivity contribution in [3.8, 4) is 0 Å². The molecule has 1 aromatic rings. The van der Waals surface area contributed by atoms with Crippen LogP contribution in [0.5, 0.6) is 0 Å². The molecule has 0 saturated heterocycles. The second kappa shape index (κ2) is 12.5. The molecule has 0 bridgehead atoms. The van der Waals surface area contributed by atoms with Crippen LogP contribution in [0.25, 0.3) is 12.2 Å². The van der Waals surface area contributed by atoms with Gasteiger partial charge in [-0.2, -0.15) is 0 Å². The summed E-state index contributed by atoms with van der Waals surface area (Å²) in [4.78, 5) is 57.6. The van der Waals surface area contributed by atoms with Crippen molar-refractivity contribution in [3.63, 3.8) is 0 Å². The highest BCUT2D eigenvalue weighted by Gasteiger charge is 2.35. The molecule has 4 heterocycles. The molecule has 1 aromatic heterocycles. The predicted molar refractivity (Wildman–Crippen MR) is 183 cm³/mol. The van der Waals surface area contributed by atoms with Gasteiger partial charge in [0.05, 0.1) is 33.6 Å². The van der Waals surface area contributed by atoms with Crippen LogP contribution in [0.2, 0.25) is 0 Å². The quantitative estimate of drug-likeness (QED) is 0.197. The maximum absolute atomic E-state index is 12.4. The number of carbonyl (C=O) groups is 4. The number of nitrogens with zero attached hydrogens (tertiary/aromatic N) is 1. The average Bonchev–Trinajstić information content (AvgIpc) is 3.62. The molecule has 3 aliphatic heterocycles. The fourth-order valence-electron chi connectivity index (χ4n) is 5.71. The molecule has 47 heavy (non-hydrogen) atoms. The van der Waals surface area contributed by atoms with Crippen molar-refractivity contribution >= 4 is 41.6 Å². The summed E-state index contributed by atoms with van der Waals surface area (Å²) in [6, 6.07) is 0. The van der Waals surface area contributed by atoms with Crippen LogP contribution in [0.3, 0.4) is 0 Å². The van der Waals surface area contributed by atoms with Crippen LogP contribution in [0.1, 0.15) is 77.4 Å². The lowest BCUT2D eigenvalue weighted by Gasteiger charge is -2.21. The fraction of sp³-hybridized carbons (Fsp3) is 0.324. The molecule has 0 saturated carbocycles. The van der Waals surface area contributed by atoms with Gasteiger partial charge in [-0.3, -0.25) is 19.2 Å². The highest BCUT2D eigenvalue weighted by Crippen LogP contribution is 2.39. The first-order valence-corrected chi connectivity index (χ1v) is 15.3. The minimum absolute atomic E-state index is 0.164. The van der Waals surface area contributed by atoms with Crippen molar-refractivity contribution in [1.29, 1.82) is 0 Å². The average molecular weight is 639 g/mol. The number of aromatic amines is 1.